The first-order valence-electron chi connectivity index (χ1n) is 10.8. The largest absolute Gasteiger partial charge is 0.731 e. The summed E-state index contributed by atoms with van der Waals surface area (Å²) in [7, 11) is 0. The Hall–Kier alpha value is -1.21. The van der Waals surface area contributed by atoms with Gasteiger partial charge in [0.15, 0.2) is 0 Å². The summed E-state index contributed by atoms with van der Waals surface area (Å²) in [6, 6.07) is 20.0. The molecule has 184 valence electrons. The predicted molar refractivity (Wildman–Crippen MR) is 139 cm³/mol. The first-order valence-corrected chi connectivity index (χ1v) is 10.8. The zero-order chi connectivity index (χ0) is 22.8. The van der Waals surface area contributed by atoms with E-state index in [9.17, 15) is 0 Å². The van der Waals surface area contributed by atoms with Crippen LogP contribution in [0.25, 0.3) is 0 Å². The summed E-state index contributed by atoms with van der Waals surface area (Å²) < 4.78 is 0. The molecule has 3 heteroatoms. The molecular formula is C30H42OTi2-8. The van der Waals surface area contributed by atoms with Gasteiger partial charge in [0, 0.05) is 43.4 Å². The van der Waals surface area contributed by atoms with Crippen LogP contribution < -0.4 is 0 Å². The summed E-state index contributed by atoms with van der Waals surface area (Å²) in [6.45, 7) is 22.0. The van der Waals surface area contributed by atoms with Crippen molar-refractivity contribution in [2.24, 2.45) is 0 Å². The first-order chi connectivity index (χ1) is 14.1. The number of rotatable bonds is 0. The molecule has 0 bridgehead atoms. The maximum absolute atomic E-state index is 2.20. The molecule has 0 spiro atoms. The third-order valence-electron chi connectivity index (χ3n) is 6.74. The normalized spacial score (nSPS) is 8.79. The molecular weight excluding hydrogens is 472 g/mol. The third-order valence-corrected chi connectivity index (χ3v) is 6.74. The number of hydrogen-bond donors (Lipinski definition) is 0. The molecule has 0 fully saturated rings. The minimum absolute atomic E-state index is 0. The van der Waals surface area contributed by atoms with Crippen LogP contribution in [0.2, 0.25) is 0 Å². The van der Waals surface area contributed by atoms with E-state index in [0.717, 1.165) is 0 Å². The van der Waals surface area contributed by atoms with Crippen LogP contribution >= 0.6 is 0 Å². The monoisotopic (exact) mass is 514 g/mol. The summed E-state index contributed by atoms with van der Waals surface area (Å²) >= 11 is 0. The van der Waals surface area contributed by atoms with Gasteiger partial charge < -0.3 is 33.3 Å². The fourth-order valence-corrected chi connectivity index (χ4v) is 3.45. The van der Waals surface area contributed by atoms with Gasteiger partial charge in [-0.05, 0) is 0 Å². The molecule has 0 unspecified atom stereocenters. The van der Waals surface area contributed by atoms with Crippen LogP contribution in [-0.2, 0) is 43.4 Å². The molecule has 4 aromatic rings. The van der Waals surface area contributed by atoms with Crippen LogP contribution in [0.15, 0.2) is 60.7 Å². The molecule has 0 saturated carbocycles. The van der Waals surface area contributed by atoms with Crippen LogP contribution in [0.4, 0.5) is 0 Å². The van der Waals surface area contributed by atoms with Crippen LogP contribution in [0.1, 0.15) is 55.6 Å². The van der Waals surface area contributed by atoms with Crippen LogP contribution in [0.3, 0.4) is 0 Å². The second kappa shape index (κ2) is 18.2. The summed E-state index contributed by atoms with van der Waals surface area (Å²) in [5, 5.41) is 0. The molecule has 0 heterocycles. The van der Waals surface area contributed by atoms with E-state index in [1.807, 2.05) is 60.7 Å². The minimum atomic E-state index is 0. The van der Waals surface area contributed by atoms with Gasteiger partial charge in [0.2, 0.25) is 0 Å². The van der Waals surface area contributed by atoms with Crippen molar-refractivity contribution in [1.82, 2.24) is 0 Å². The Morgan fingerprint density at radius 2 is 0.697 bits per heavy atom. The summed E-state index contributed by atoms with van der Waals surface area (Å²) in [6.07, 6.45) is 0. The van der Waals surface area contributed by atoms with Crippen LogP contribution in [0, 0.1) is 69.2 Å². The summed E-state index contributed by atoms with van der Waals surface area (Å²) in [4.78, 5) is 0. The molecule has 0 aromatic heterocycles. The Morgan fingerprint density at radius 1 is 0.485 bits per heavy atom. The summed E-state index contributed by atoms with van der Waals surface area (Å²) in [5.41, 5.74) is 14.7. The average molecular weight is 514 g/mol. The molecule has 4 aromatic carbocycles. The van der Waals surface area contributed by atoms with Gasteiger partial charge in [-0.3, -0.25) is 0 Å². The quantitative estimate of drug-likeness (QED) is 0.169. The van der Waals surface area contributed by atoms with Crippen LogP contribution in [0.5, 0.6) is 0 Å². The molecule has 33 heavy (non-hydrogen) atoms. The maximum atomic E-state index is 2.20. The van der Waals surface area contributed by atoms with Gasteiger partial charge in [0.25, 0.3) is 0 Å². The Balaban J connectivity index is -0.000000368. The van der Waals surface area contributed by atoms with Gasteiger partial charge in [-0.25, -0.2) is 58.9 Å². The van der Waals surface area contributed by atoms with Gasteiger partial charge in [-0.2, -0.15) is 64.2 Å². The van der Waals surface area contributed by atoms with Gasteiger partial charge in [0.1, 0.15) is 0 Å². The SMILES string of the molecule is C[c-]1[c-](C)[c-](C)[c-](C)[c-]1C.Cc1c(C)c(C)[c-](C)c1C.O.[Ti].[Ti].c1cc[cH-]c1.c1cc[cH-]c1. The molecule has 0 aliphatic carbocycles. The Kier molecular flexibility index (Phi) is 20.0. The molecule has 0 aliphatic rings. The molecule has 0 atom stereocenters. The summed E-state index contributed by atoms with van der Waals surface area (Å²) in [5.74, 6) is 0. The van der Waals surface area contributed by atoms with Crippen molar-refractivity contribution >= 4 is 0 Å². The van der Waals surface area contributed by atoms with E-state index in [2.05, 4.69) is 69.2 Å². The zero-order valence-electron chi connectivity index (χ0n) is 22.3. The molecule has 4 rings (SSSR count). The Bertz CT molecular complexity index is 704. The molecule has 1 nitrogen and oxygen atoms in total. The Labute approximate surface area is 233 Å². The smallest absolute Gasteiger partial charge is 0 e. The first kappa shape index (κ1) is 36.4. The van der Waals surface area contributed by atoms with Crippen molar-refractivity contribution in [2.45, 2.75) is 69.2 Å². The van der Waals surface area contributed by atoms with E-state index < -0.39 is 0 Å². The standard InChI is InChI=1S/2C10H15.2C5H5.H2O.2Ti/c2*1-6-7(2)9(4)10(5)8(6)3;2*1-2-4-5-3-1;;;/h2*1-5H3;2*1-5H;1H2;;/q-5;3*-1;;;. The van der Waals surface area contributed by atoms with Gasteiger partial charge >= 0.3 is 0 Å². The van der Waals surface area contributed by atoms with E-state index in [0.29, 0.717) is 0 Å². The zero-order valence-corrected chi connectivity index (χ0v) is 25.4. The predicted octanol–water partition coefficient (Wildman–Crippen LogP) is 7.88. The second-order valence-corrected chi connectivity index (χ2v) is 8.17. The van der Waals surface area contributed by atoms with E-state index in [1.54, 1.807) is 0 Å². The van der Waals surface area contributed by atoms with Gasteiger partial charge in [-0.15, -0.1) is 0 Å². The fraction of sp³-hybridized carbons (Fsp3) is 0.333. The van der Waals surface area contributed by atoms with Crippen molar-refractivity contribution < 1.29 is 48.9 Å². The van der Waals surface area contributed by atoms with E-state index in [-0.39, 0.29) is 48.9 Å². The van der Waals surface area contributed by atoms with E-state index in [4.69, 9.17) is 0 Å². The van der Waals surface area contributed by atoms with Crippen molar-refractivity contribution in [3.63, 3.8) is 0 Å². The maximum Gasteiger partial charge on any atom is 0 e. The topological polar surface area (TPSA) is 31.5 Å². The number of hydrogen-bond acceptors (Lipinski definition) is 0. The molecule has 0 amide bonds. The van der Waals surface area contributed by atoms with E-state index >= 15 is 0 Å². The van der Waals surface area contributed by atoms with Crippen molar-refractivity contribution in [1.29, 1.82) is 0 Å². The molecule has 2 N–H and O–H groups in total. The fourth-order valence-electron chi connectivity index (χ4n) is 3.45. The molecule has 0 aliphatic heterocycles. The molecule has 0 saturated heterocycles. The molecule has 0 radical (unpaired) electrons. The second-order valence-electron chi connectivity index (χ2n) is 8.17. The van der Waals surface area contributed by atoms with Crippen molar-refractivity contribution in [2.75, 3.05) is 0 Å². The minimum Gasteiger partial charge on any atom is -0.731 e. The van der Waals surface area contributed by atoms with Crippen molar-refractivity contribution in [3.05, 3.63) is 116 Å². The Morgan fingerprint density at radius 3 is 0.788 bits per heavy atom. The van der Waals surface area contributed by atoms with Crippen LogP contribution in [-0.4, -0.2) is 5.48 Å². The van der Waals surface area contributed by atoms with Crippen molar-refractivity contribution in [3.8, 4) is 0 Å². The van der Waals surface area contributed by atoms with Gasteiger partial charge in [-0.1, -0.05) is 34.6 Å². The average Bonchev–Trinajstić information content (AvgIpc) is 3.56. The van der Waals surface area contributed by atoms with Gasteiger partial charge in [0.05, 0.1) is 0 Å². The van der Waals surface area contributed by atoms with E-state index in [1.165, 1.54) is 55.6 Å². The third kappa shape index (κ3) is 10.7.